The van der Waals surface area contributed by atoms with Gasteiger partial charge in [0.25, 0.3) is 5.91 Å². The van der Waals surface area contributed by atoms with Gasteiger partial charge in [-0.05, 0) is 60.7 Å². The molecule has 2 aromatic rings. The van der Waals surface area contributed by atoms with Crippen LogP contribution in [0.3, 0.4) is 0 Å². The molecule has 0 bridgehead atoms. The second kappa shape index (κ2) is 9.11. The van der Waals surface area contributed by atoms with Gasteiger partial charge in [0, 0.05) is 24.2 Å². The Kier molecular flexibility index (Phi) is 6.58. The highest BCUT2D eigenvalue weighted by atomic mass is 35.5. The molecule has 6 heteroatoms. The first-order chi connectivity index (χ1) is 13.1. The maximum Gasteiger partial charge on any atom is 0.257 e. The van der Waals surface area contributed by atoms with E-state index >= 15 is 0 Å². The molecule has 1 atom stereocenters. The molecule has 1 amide bonds. The van der Waals surface area contributed by atoms with Gasteiger partial charge in [-0.25, -0.2) is 0 Å². The quantitative estimate of drug-likeness (QED) is 0.724. The summed E-state index contributed by atoms with van der Waals surface area (Å²) in [5, 5.41) is 7.11. The maximum absolute atomic E-state index is 11.6. The zero-order valence-electron chi connectivity index (χ0n) is 15.7. The molecule has 1 aliphatic rings. The van der Waals surface area contributed by atoms with Gasteiger partial charge in [0.1, 0.15) is 0 Å². The van der Waals surface area contributed by atoms with E-state index in [9.17, 15) is 4.79 Å². The van der Waals surface area contributed by atoms with E-state index in [-0.39, 0.29) is 12.5 Å². The van der Waals surface area contributed by atoms with Crippen molar-refractivity contribution in [3.8, 4) is 11.5 Å². The van der Waals surface area contributed by atoms with Crippen LogP contribution in [0.4, 0.5) is 0 Å². The molecular weight excluding hydrogens is 364 g/mol. The maximum atomic E-state index is 11.6. The molecule has 1 unspecified atom stereocenters. The number of carbonyl (C=O) groups excluding carboxylic acids is 1. The number of aryl methyl sites for hydroxylation is 1. The third-order valence-corrected chi connectivity index (χ3v) is 4.93. The average Bonchev–Trinajstić information content (AvgIpc) is 3.07. The summed E-state index contributed by atoms with van der Waals surface area (Å²) in [6.45, 7) is 3.15. The normalized spacial score (nSPS) is 15.3. The average molecular weight is 389 g/mol. The van der Waals surface area contributed by atoms with Crippen molar-refractivity contribution in [3.05, 3.63) is 58.1 Å². The number of halogens is 1. The number of methoxy groups -OCH3 is 1. The molecule has 2 aromatic carbocycles. The van der Waals surface area contributed by atoms with Gasteiger partial charge in [-0.2, -0.15) is 0 Å². The van der Waals surface area contributed by atoms with Gasteiger partial charge in [-0.1, -0.05) is 23.7 Å². The second-order valence-electron chi connectivity index (χ2n) is 6.54. The molecule has 0 aromatic heterocycles. The number of nitrogens with one attached hydrogen (secondary N) is 2. The topological polar surface area (TPSA) is 59.6 Å². The van der Waals surface area contributed by atoms with Crippen LogP contribution >= 0.6 is 11.6 Å². The van der Waals surface area contributed by atoms with Crippen LogP contribution in [-0.4, -0.2) is 26.2 Å². The Labute approximate surface area is 165 Å². The van der Waals surface area contributed by atoms with Gasteiger partial charge in [-0.3, -0.25) is 4.79 Å². The molecule has 5 nitrogen and oxygen atoms in total. The summed E-state index contributed by atoms with van der Waals surface area (Å²) in [7, 11) is 1.60. The molecule has 2 N–H and O–H groups in total. The summed E-state index contributed by atoms with van der Waals surface area (Å²) in [5.74, 6) is 1.04. The minimum atomic E-state index is -0.148. The molecule has 0 heterocycles. The summed E-state index contributed by atoms with van der Waals surface area (Å²) in [5.41, 5.74) is 3.75. The Morgan fingerprint density at radius 1 is 1.22 bits per heavy atom. The van der Waals surface area contributed by atoms with Gasteiger partial charge in [0.15, 0.2) is 18.1 Å². The fraction of sp³-hybridized carbons (Fsp3) is 0.381. The van der Waals surface area contributed by atoms with E-state index in [4.69, 9.17) is 21.1 Å². The zero-order valence-corrected chi connectivity index (χ0v) is 16.4. The number of carbonyl (C=O) groups is 1. The standard InChI is InChI=1S/C21H25ClN2O3/c1-3-23-21(25)13-27-19-9-4-14(10-20(19)26-2)12-24-18-8-5-15-11-16(22)6-7-17(15)18/h4,6-7,9-11,18,24H,3,5,8,12-13H2,1-2H3,(H,23,25). The lowest BCUT2D eigenvalue weighted by Gasteiger charge is -2.16. The van der Waals surface area contributed by atoms with Crippen molar-refractivity contribution in [2.24, 2.45) is 0 Å². The van der Waals surface area contributed by atoms with E-state index < -0.39 is 0 Å². The van der Waals surface area contributed by atoms with Crippen LogP contribution in [0.5, 0.6) is 11.5 Å². The lowest BCUT2D eigenvalue weighted by molar-refractivity contribution is -0.123. The van der Waals surface area contributed by atoms with Crippen LogP contribution in [0, 0.1) is 0 Å². The molecule has 0 saturated carbocycles. The summed E-state index contributed by atoms with van der Waals surface area (Å²) in [6, 6.07) is 12.2. The molecular formula is C21H25ClN2O3. The minimum absolute atomic E-state index is 0.0246. The smallest absolute Gasteiger partial charge is 0.257 e. The summed E-state index contributed by atoms with van der Waals surface area (Å²) < 4.78 is 11.0. The number of ether oxygens (including phenoxy) is 2. The molecule has 144 valence electrons. The third kappa shape index (κ3) is 4.93. The van der Waals surface area contributed by atoms with Crippen molar-refractivity contribution in [1.82, 2.24) is 10.6 Å². The van der Waals surface area contributed by atoms with E-state index in [0.29, 0.717) is 24.1 Å². The number of fused-ring (bicyclic) bond motifs is 1. The molecule has 0 saturated heterocycles. The molecule has 1 aliphatic carbocycles. The number of rotatable bonds is 8. The van der Waals surface area contributed by atoms with Gasteiger partial charge >= 0.3 is 0 Å². The van der Waals surface area contributed by atoms with Crippen LogP contribution in [0.15, 0.2) is 36.4 Å². The number of hydrogen-bond acceptors (Lipinski definition) is 4. The molecule has 0 aliphatic heterocycles. The van der Waals surface area contributed by atoms with Crippen molar-refractivity contribution in [2.75, 3.05) is 20.3 Å². The summed E-state index contributed by atoms with van der Waals surface area (Å²) in [4.78, 5) is 11.6. The van der Waals surface area contributed by atoms with Gasteiger partial charge < -0.3 is 20.1 Å². The monoisotopic (exact) mass is 388 g/mol. The predicted octanol–water partition coefficient (Wildman–Crippen LogP) is 3.64. The second-order valence-corrected chi connectivity index (χ2v) is 6.98. The SMILES string of the molecule is CCNC(=O)COc1ccc(CNC2CCc3cc(Cl)ccc32)cc1OC. The van der Waals surface area contributed by atoms with E-state index in [0.717, 1.165) is 30.0 Å². The lowest BCUT2D eigenvalue weighted by Crippen LogP contribution is -2.28. The van der Waals surface area contributed by atoms with E-state index in [1.54, 1.807) is 7.11 Å². The number of amides is 1. The van der Waals surface area contributed by atoms with Gasteiger partial charge in [0.2, 0.25) is 0 Å². The van der Waals surface area contributed by atoms with Crippen molar-refractivity contribution in [1.29, 1.82) is 0 Å². The molecule has 3 rings (SSSR count). The Morgan fingerprint density at radius 2 is 2.07 bits per heavy atom. The molecule has 27 heavy (non-hydrogen) atoms. The minimum Gasteiger partial charge on any atom is -0.493 e. The van der Waals surface area contributed by atoms with Crippen LogP contribution in [0.1, 0.15) is 36.1 Å². The first-order valence-electron chi connectivity index (χ1n) is 9.18. The third-order valence-electron chi connectivity index (χ3n) is 4.70. The van der Waals surface area contributed by atoms with Crippen LogP contribution in [0.2, 0.25) is 5.02 Å². The molecule has 0 spiro atoms. The van der Waals surface area contributed by atoms with E-state index in [1.807, 2.05) is 31.2 Å². The van der Waals surface area contributed by atoms with Crippen molar-refractivity contribution in [2.45, 2.75) is 32.4 Å². The molecule has 0 fully saturated rings. The van der Waals surface area contributed by atoms with E-state index in [1.165, 1.54) is 11.1 Å². The van der Waals surface area contributed by atoms with Gasteiger partial charge in [0.05, 0.1) is 7.11 Å². The van der Waals surface area contributed by atoms with Crippen molar-refractivity contribution < 1.29 is 14.3 Å². The summed E-state index contributed by atoms with van der Waals surface area (Å²) in [6.07, 6.45) is 2.12. The highest BCUT2D eigenvalue weighted by Crippen LogP contribution is 2.33. The molecule has 0 radical (unpaired) electrons. The number of hydrogen-bond donors (Lipinski definition) is 2. The Balaban J connectivity index is 1.61. The zero-order chi connectivity index (χ0) is 19.2. The first kappa shape index (κ1) is 19.5. The van der Waals surface area contributed by atoms with E-state index in [2.05, 4.69) is 22.8 Å². The first-order valence-corrected chi connectivity index (χ1v) is 9.56. The highest BCUT2D eigenvalue weighted by molar-refractivity contribution is 6.30. The summed E-state index contributed by atoms with van der Waals surface area (Å²) >= 11 is 6.08. The van der Waals surface area contributed by atoms with Crippen LogP contribution in [-0.2, 0) is 17.8 Å². The fourth-order valence-electron chi connectivity index (χ4n) is 3.37. The van der Waals surface area contributed by atoms with Gasteiger partial charge in [-0.15, -0.1) is 0 Å². The van der Waals surface area contributed by atoms with Crippen molar-refractivity contribution in [3.63, 3.8) is 0 Å². The van der Waals surface area contributed by atoms with Crippen molar-refractivity contribution >= 4 is 17.5 Å². The van der Waals surface area contributed by atoms with Crippen LogP contribution in [0.25, 0.3) is 0 Å². The fourth-order valence-corrected chi connectivity index (χ4v) is 3.57. The lowest BCUT2D eigenvalue weighted by atomic mass is 10.1. The number of likely N-dealkylation sites (N-methyl/N-ethyl adjacent to an activating group) is 1. The predicted molar refractivity (Wildman–Crippen MR) is 107 cm³/mol. The Bertz CT molecular complexity index is 810. The Hall–Kier alpha value is -2.24. The highest BCUT2D eigenvalue weighted by Gasteiger charge is 2.22. The Morgan fingerprint density at radius 3 is 2.85 bits per heavy atom. The van der Waals surface area contributed by atoms with Crippen LogP contribution < -0.4 is 20.1 Å². The largest absolute Gasteiger partial charge is 0.493 e. The number of benzene rings is 2.